The van der Waals surface area contributed by atoms with Crippen LogP contribution in [0.25, 0.3) is 0 Å². The third kappa shape index (κ3) is 4.58. The second kappa shape index (κ2) is 9.46. The molecule has 0 N–H and O–H groups in total. The molecule has 30 heavy (non-hydrogen) atoms. The van der Waals surface area contributed by atoms with Gasteiger partial charge in [-0.15, -0.1) is 10.2 Å². The fourth-order valence-electron chi connectivity index (χ4n) is 3.15. The molecule has 0 saturated heterocycles. The highest BCUT2D eigenvalue weighted by Gasteiger charge is 2.34. The van der Waals surface area contributed by atoms with Crippen LogP contribution in [-0.4, -0.2) is 50.9 Å². The molecule has 1 aliphatic heterocycles. The highest BCUT2D eigenvalue weighted by atomic mass is 35.5. The first-order valence-electron chi connectivity index (χ1n) is 9.34. The fourth-order valence-corrected chi connectivity index (χ4v) is 4.07. The number of carbonyl (C=O) groups is 1. The van der Waals surface area contributed by atoms with E-state index in [1.54, 1.807) is 19.7 Å². The third-order valence-corrected chi connectivity index (χ3v) is 5.87. The van der Waals surface area contributed by atoms with Crippen molar-refractivity contribution in [1.82, 2.24) is 19.8 Å². The first-order valence-corrected chi connectivity index (χ1v) is 10.7. The summed E-state index contributed by atoms with van der Waals surface area (Å²) in [5.74, 6) is 0.747. The molecule has 4 rings (SSSR count). The topological polar surface area (TPSA) is 85.8 Å². The van der Waals surface area contributed by atoms with Gasteiger partial charge in [0.05, 0.1) is 24.3 Å². The van der Waals surface area contributed by atoms with E-state index in [0.29, 0.717) is 35.5 Å². The van der Waals surface area contributed by atoms with Gasteiger partial charge in [-0.05, 0) is 29.8 Å². The Bertz CT molecular complexity index is 1020. The number of aromatic nitrogens is 3. The number of hydrazone groups is 1. The van der Waals surface area contributed by atoms with Crippen molar-refractivity contribution in [3.05, 3.63) is 65.3 Å². The van der Waals surface area contributed by atoms with Gasteiger partial charge in [0.1, 0.15) is 18.1 Å². The van der Waals surface area contributed by atoms with Crippen molar-refractivity contribution >= 4 is 35.0 Å². The highest BCUT2D eigenvalue weighted by Crippen LogP contribution is 2.34. The maximum Gasteiger partial charge on any atom is 0.253 e. The lowest BCUT2D eigenvalue weighted by Gasteiger charge is -2.19. The largest absolute Gasteiger partial charge is 0.467 e. The summed E-state index contributed by atoms with van der Waals surface area (Å²) in [5.41, 5.74) is 1.74. The van der Waals surface area contributed by atoms with Gasteiger partial charge in [-0.1, -0.05) is 35.5 Å². The Labute approximate surface area is 182 Å². The van der Waals surface area contributed by atoms with Crippen molar-refractivity contribution in [3.8, 4) is 0 Å². The van der Waals surface area contributed by atoms with Gasteiger partial charge in [0.25, 0.3) is 5.91 Å². The van der Waals surface area contributed by atoms with Crippen molar-refractivity contribution in [2.24, 2.45) is 5.10 Å². The predicted molar refractivity (Wildman–Crippen MR) is 114 cm³/mol. The van der Waals surface area contributed by atoms with E-state index in [1.807, 2.05) is 41.0 Å². The van der Waals surface area contributed by atoms with Crippen LogP contribution in [0.4, 0.5) is 0 Å². The van der Waals surface area contributed by atoms with Gasteiger partial charge in [-0.2, -0.15) is 5.10 Å². The van der Waals surface area contributed by atoms with E-state index in [2.05, 4.69) is 15.3 Å². The number of carbonyl (C=O) groups excluding carboxylic acids is 1. The SMILES string of the molecule is COCCn1cnnc1SCC(=O)N1N=C(c2ccc(Cl)cc2)CC1c1ccco1. The number of hydrogen-bond donors (Lipinski definition) is 0. The van der Waals surface area contributed by atoms with Gasteiger partial charge in [0.2, 0.25) is 0 Å². The number of thioether (sulfide) groups is 1. The molecule has 8 nitrogen and oxygen atoms in total. The minimum Gasteiger partial charge on any atom is -0.467 e. The summed E-state index contributed by atoms with van der Waals surface area (Å²) < 4.78 is 12.5. The molecule has 0 aliphatic carbocycles. The second-order valence-corrected chi connectivity index (χ2v) is 7.99. The average molecular weight is 446 g/mol. The molecule has 0 bridgehead atoms. The molecule has 0 saturated carbocycles. The maximum atomic E-state index is 13.1. The van der Waals surface area contributed by atoms with Crippen LogP contribution in [0, 0.1) is 0 Å². The van der Waals surface area contributed by atoms with Crippen LogP contribution in [0.3, 0.4) is 0 Å². The summed E-state index contributed by atoms with van der Waals surface area (Å²) in [4.78, 5) is 13.1. The molecule has 3 aromatic rings. The van der Waals surface area contributed by atoms with Crippen molar-refractivity contribution in [1.29, 1.82) is 0 Å². The molecule has 1 aromatic carbocycles. The van der Waals surface area contributed by atoms with Crippen molar-refractivity contribution in [2.75, 3.05) is 19.5 Å². The lowest BCUT2D eigenvalue weighted by molar-refractivity contribution is -0.130. The summed E-state index contributed by atoms with van der Waals surface area (Å²) in [5, 5.41) is 15.5. The lowest BCUT2D eigenvalue weighted by Crippen LogP contribution is -2.28. The average Bonchev–Trinajstić information content (AvgIpc) is 3.51. The molecule has 1 unspecified atom stereocenters. The Hall–Kier alpha value is -2.62. The minimum absolute atomic E-state index is 0.133. The molecule has 0 radical (unpaired) electrons. The Kier molecular flexibility index (Phi) is 6.51. The Balaban J connectivity index is 1.51. The lowest BCUT2D eigenvalue weighted by atomic mass is 10.0. The predicted octanol–water partition coefficient (Wildman–Crippen LogP) is 3.64. The van der Waals surface area contributed by atoms with Crippen LogP contribution in [0.2, 0.25) is 5.02 Å². The number of ether oxygens (including phenoxy) is 1. The molecule has 10 heteroatoms. The van der Waals surface area contributed by atoms with Gasteiger partial charge < -0.3 is 13.7 Å². The number of methoxy groups -OCH3 is 1. The minimum atomic E-state index is -0.287. The number of furan rings is 1. The summed E-state index contributed by atoms with van der Waals surface area (Å²) >= 11 is 7.32. The zero-order chi connectivity index (χ0) is 20.9. The third-order valence-electron chi connectivity index (χ3n) is 4.66. The second-order valence-electron chi connectivity index (χ2n) is 6.62. The summed E-state index contributed by atoms with van der Waals surface area (Å²) in [7, 11) is 1.64. The zero-order valence-corrected chi connectivity index (χ0v) is 17.8. The van der Waals surface area contributed by atoms with Gasteiger partial charge >= 0.3 is 0 Å². The number of amides is 1. The molecule has 0 fully saturated rings. The van der Waals surface area contributed by atoms with E-state index in [-0.39, 0.29) is 17.7 Å². The van der Waals surface area contributed by atoms with Gasteiger partial charge in [-0.3, -0.25) is 4.79 Å². The molecule has 1 aliphatic rings. The molecule has 156 valence electrons. The quantitative estimate of drug-likeness (QED) is 0.492. The number of rotatable bonds is 8. The van der Waals surface area contributed by atoms with E-state index in [4.69, 9.17) is 20.8 Å². The maximum absolute atomic E-state index is 13.1. The Morgan fingerprint density at radius 3 is 2.90 bits per heavy atom. The molecular weight excluding hydrogens is 426 g/mol. The molecule has 3 heterocycles. The van der Waals surface area contributed by atoms with Crippen LogP contribution < -0.4 is 0 Å². The molecule has 0 spiro atoms. The normalized spacial score (nSPS) is 16.1. The monoisotopic (exact) mass is 445 g/mol. The van der Waals surface area contributed by atoms with Crippen LogP contribution in [0.1, 0.15) is 23.8 Å². The van der Waals surface area contributed by atoms with Gasteiger partial charge in [0.15, 0.2) is 5.16 Å². The van der Waals surface area contributed by atoms with Crippen LogP contribution >= 0.6 is 23.4 Å². The first kappa shape index (κ1) is 20.6. The number of halogens is 1. The van der Waals surface area contributed by atoms with Crippen molar-refractivity contribution in [3.63, 3.8) is 0 Å². The van der Waals surface area contributed by atoms with Gasteiger partial charge in [-0.25, -0.2) is 5.01 Å². The molecule has 1 amide bonds. The zero-order valence-electron chi connectivity index (χ0n) is 16.3. The van der Waals surface area contributed by atoms with Crippen LogP contribution in [-0.2, 0) is 16.1 Å². The summed E-state index contributed by atoms with van der Waals surface area (Å²) in [6, 6.07) is 10.8. The molecule has 1 atom stereocenters. The Morgan fingerprint density at radius 1 is 1.33 bits per heavy atom. The van der Waals surface area contributed by atoms with Crippen LogP contribution in [0.15, 0.2) is 63.7 Å². The van der Waals surface area contributed by atoms with E-state index in [0.717, 1.165) is 11.3 Å². The molecule has 2 aromatic heterocycles. The van der Waals surface area contributed by atoms with E-state index in [9.17, 15) is 4.79 Å². The number of benzene rings is 1. The summed E-state index contributed by atoms with van der Waals surface area (Å²) in [6.45, 7) is 1.17. The number of nitrogens with zero attached hydrogens (tertiary/aromatic N) is 5. The van der Waals surface area contributed by atoms with Gasteiger partial charge in [0, 0.05) is 25.1 Å². The van der Waals surface area contributed by atoms with Crippen molar-refractivity contribution < 1.29 is 13.9 Å². The van der Waals surface area contributed by atoms with E-state index >= 15 is 0 Å². The van der Waals surface area contributed by atoms with E-state index in [1.165, 1.54) is 16.8 Å². The number of hydrogen-bond acceptors (Lipinski definition) is 7. The Morgan fingerprint density at radius 2 is 2.17 bits per heavy atom. The standard InChI is InChI=1S/C20H20ClN5O3S/c1-28-10-8-25-13-22-23-20(25)30-12-19(27)26-17(18-3-2-9-29-18)11-16(24-26)14-4-6-15(21)7-5-14/h2-7,9,13,17H,8,10-12H2,1H3. The highest BCUT2D eigenvalue weighted by molar-refractivity contribution is 7.99. The smallest absolute Gasteiger partial charge is 0.253 e. The van der Waals surface area contributed by atoms with Crippen molar-refractivity contribution in [2.45, 2.75) is 24.2 Å². The van der Waals surface area contributed by atoms with E-state index < -0.39 is 0 Å². The first-order chi connectivity index (χ1) is 14.7. The summed E-state index contributed by atoms with van der Waals surface area (Å²) in [6.07, 6.45) is 3.80. The van der Waals surface area contributed by atoms with Crippen LogP contribution in [0.5, 0.6) is 0 Å². The fraction of sp³-hybridized carbons (Fsp3) is 0.300. The molecular formula is C20H20ClN5O3S.